The summed E-state index contributed by atoms with van der Waals surface area (Å²) in [5.74, 6) is 0.652. The number of allylic oxidation sites excluding steroid dienone is 1. The highest BCUT2D eigenvalue weighted by Gasteiger charge is 2.43. The maximum atomic E-state index is 5.84. The minimum absolute atomic E-state index is 0.0177. The molecule has 0 radical (unpaired) electrons. The highest BCUT2D eigenvalue weighted by atomic mass is 16.5. The van der Waals surface area contributed by atoms with E-state index in [1.54, 1.807) is 0 Å². The summed E-state index contributed by atoms with van der Waals surface area (Å²) in [6, 6.07) is 0. The lowest BCUT2D eigenvalue weighted by atomic mass is 9.59. The van der Waals surface area contributed by atoms with Crippen LogP contribution in [0.4, 0.5) is 0 Å². The standard InChI is InChI=1S/C14H24O/c1-7-8-11-9-12(14(11,5)6)10-15-13(2,3)4/h7,12H,9-10H2,1-6H3. The lowest BCUT2D eigenvalue weighted by Gasteiger charge is -2.47. The Kier molecular flexibility index (Phi) is 3.48. The van der Waals surface area contributed by atoms with E-state index in [0.717, 1.165) is 13.0 Å². The monoisotopic (exact) mass is 208 g/mol. The molecule has 0 aromatic rings. The first-order chi connectivity index (χ1) is 6.77. The molecule has 1 fully saturated rings. The van der Waals surface area contributed by atoms with Crippen molar-refractivity contribution in [3.63, 3.8) is 0 Å². The van der Waals surface area contributed by atoms with Crippen molar-refractivity contribution in [1.82, 2.24) is 0 Å². The number of hydrogen-bond donors (Lipinski definition) is 0. The molecule has 0 N–H and O–H groups in total. The van der Waals surface area contributed by atoms with Gasteiger partial charge in [0.1, 0.15) is 0 Å². The molecule has 0 aromatic heterocycles. The first-order valence-electron chi connectivity index (χ1n) is 5.82. The highest BCUT2D eigenvalue weighted by Crippen LogP contribution is 2.50. The second kappa shape index (κ2) is 4.15. The molecule has 0 aliphatic heterocycles. The normalized spacial score (nSPS) is 24.4. The average Bonchev–Trinajstić information content (AvgIpc) is 2.08. The van der Waals surface area contributed by atoms with Gasteiger partial charge in [0.25, 0.3) is 0 Å². The quantitative estimate of drug-likeness (QED) is 0.624. The Hall–Kier alpha value is -0.520. The van der Waals surface area contributed by atoms with Crippen LogP contribution in [0, 0.1) is 11.3 Å². The third-order valence-electron chi connectivity index (χ3n) is 3.29. The Labute approximate surface area is 94.2 Å². The van der Waals surface area contributed by atoms with Gasteiger partial charge in [-0.05, 0) is 57.1 Å². The van der Waals surface area contributed by atoms with Gasteiger partial charge in [-0.25, -0.2) is 0 Å². The van der Waals surface area contributed by atoms with Gasteiger partial charge in [0.2, 0.25) is 0 Å². The predicted molar refractivity (Wildman–Crippen MR) is 64.9 cm³/mol. The van der Waals surface area contributed by atoms with Crippen molar-refractivity contribution >= 4 is 0 Å². The van der Waals surface area contributed by atoms with Gasteiger partial charge in [0.05, 0.1) is 12.2 Å². The molecule has 1 aliphatic rings. The van der Waals surface area contributed by atoms with Gasteiger partial charge in [0.15, 0.2) is 0 Å². The van der Waals surface area contributed by atoms with Crippen molar-refractivity contribution in [3.8, 4) is 0 Å². The first kappa shape index (κ1) is 12.5. The molecule has 0 aromatic carbocycles. The van der Waals surface area contributed by atoms with Gasteiger partial charge in [0, 0.05) is 0 Å². The second-order valence-corrected chi connectivity index (χ2v) is 5.96. The van der Waals surface area contributed by atoms with Crippen LogP contribution in [0.5, 0.6) is 0 Å². The summed E-state index contributed by atoms with van der Waals surface area (Å²) in [6.07, 6.45) is 3.16. The van der Waals surface area contributed by atoms with E-state index in [9.17, 15) is 0 Å². The number of rotatable bonds is 2. The summed E-state index contributed by atoms with van der Waals surface area (Å²) >= 11 is 0. The molecular formula is C14H24O. The molecule has 1 nitrogen and oxygen atoms in total. The summed E-state index contributed by atoms with van der Waals surface area (Å²) in [4.78, 5) is 0. The van der Waals surface area contributed by atoms with Gasteiger partial charge in [-0.3, -0.25) is 0 Å². The maximum absolute atomic E-state index is 5.84. The zero-order valence-electron chi connectivity index (χ0n) is 11.0. The highest BCUT2D eigenvalue weighted by molar-refractivity contribution is 5.23. The number of hydrogen-bond acceptors (Lipinski definition) is 1. The molecule has 1 saturated carbocycles. The van der Waals surface area contributed by atoms with Crippen molar-refractivity contribution in [2.45, 2.75) is 53.6 Å². The van der Waals surface area contributed by atoms with Crippen LogP contribution < -0.4 is 0 Å². The topological polar surface area (TPSA) is 9.23 Å². The fraction of sp³-hybridized carbons (Fsp3) is 0.786. The molecule has 0 amide bonds. The van der Waals surface area contributed by atoms with Gasteiger partial charge in [-0.1, -0.05) is 13.8 Å². The predicted octanol–water partition coefficient (Wildman–Crippen LogP) is 3.95. The Morgan fingerprint density at radius 3 is 2.47 bits per heavy atom. The van der Waals surface area contributed by atoms with Crippen LogP contribution in [0.1, 0.15) is 48.0 Å². The minimum Gasteiger partial charge on any atom is -0.376 e. The fourth-order valence-corrected chi connectivity index (χ4v) is 1.92. The zero-order chi connectivity index (χ0) is 11.7. The minimum atomic E-state index is -0.0177. The molecule has 0 saturated heterocycles. The summed E-state index contributed by atoms with van der Waals surface area (Å²) in [6.45, 7) is 13.8. The van der Waals surface area contributed by atoms with E-state index in [1.165, 1.54) is 5.57 Å². The fourth-order valence-electron chi connectivity index (χ4n) is 1.92. The molecule has 86 valence electrons. The van der Waals surface area contributed by atoms with E-state index in [2.05, 4.69) is 40.3 Å². The second-order valence-electron chi connectivity index (χ2n) is 5.96. The molecule has 1 heteroatoms. The summed E-state index contributed by atoms with van der Waals surface area (Å²) < 4.78 is 5.84. The molecule has 15 heavy (non-hydrogen) atoms. The van der Waals surface area contributed by atoms with Crippen LogP contribution in [0.15, 0.2) is 17.4 Å². The van der Waals surface area contributed by atoms with Crippen molar-refractivity contribution in [1.29, 1.82) is 0 Å². The largest absolute Gasteiger partial charge is 0.376 e. The van der Waals surface area contributed by atoms with Crippen molar-refractivity contribution in [3.05, 3.63) is 17.4 Å². The van der Waals surface area contributed by atoms with E-state index >= 15 is 0 Å². The van der Waals surface area contributed by atoms with E-state index in [0.29, 0.717) is 5.92 Å². The van der Waals surface area contributed by atoms with Gasteiger partial charge < -0.3 is 4.74 Å². The van der Waals surface area contributed by atoms with Gasteiger partial charge >= 0.3 is 0 Å². The van der Waals surface area contributed by atoms with E-state index < -0.39 is 0 Å². The Morgan fingerprint density at radius 2 is 2.07 bits per heavy atom. The van der Waals surface area contributed by atoms with Gasteiger partial charge in [-0.15, -0.1) is 5.73 Å². The summed E-state index contributed by atoms with van der Waals surface area (Å²) in [5, 5.41) is 0. The van der Waals surface area contributed by atoms with E-state index in [-0.39, 0.29) is 11.0 Å². The van der Waals surface area contributed by atoms with Crippen molar-refractivity contribution < 1.29 is 4.74 Å². The Morgan fingerprint density at radius 1 is 1.47 bits per heavy atom. The SMILES string of the molecule is CC=C=C1CC(COC(C)(C)C)C1(C)C. The van der Waals surface area contributed by atoms with Crippen LogP contribution in [0.3, 0.4) is 0 Å². The molecule has 1 aliphatic carbocycles. The van der Waals surface area contributed by atoms with Crippen LogP contribution in [0.25, 0.3) is 0 Å². The molecule has 0 heterocycles. The average molecular weight is 208 g/mol. The first-order valence-corrected chi connectivity index (χ1v) is 5.82. The zero-order valence-corrected chi connectivity index (χ0v) is 11.0. The lowest BCUT2D eigenvalue weighted by molar-refractivity contribution is -0.0545. The number of ether oxygens (including phenoxy) is 1. The molecule has 1 atom stereocenters. The van der Waals surface area contributed by atoms with Crippen molar-refractivity contribution in [2.24, 2.45) is 11.3 Å². The molecule has 1 rings (SSSR count). The molecule has 0 spiro atoms. The Bertz CT molecular complexity index is 285. The van der Waals surface area contributed by atoms with Crippen molar-refractivity contribution in [2.75, 3.05) is 6.61 Å². The lowest BCUT2D eigenvalue weighted by Crippen LogP contribution is -2.41. The van der Waals surface area contributed by atoms with Crippen LogP contribution in [0.2, 0.25) is 0 Å². The summed E-state index contributed by atoms with van der Waals surface area (Å²) in [7, 11) is 0. The van der Waals surface area contributed by atoms with E-state index in [1.807, 2.05) is 13.0 Å². The smallest absolute Gasteiger partial charge is 0.0598 e. The molecule has 1 unspecified atom stereocenters. The van der Waals surface area contributed by atoms with Crippen LogP contribution in [-0.2, 0) is 4.74 Å². The Balaban J connectivity index is 2.53. The molecular weight excluding hydrogens is 184 g/mol. The summed E-state index contributed by atoms with van der Waals surface area (Å²) in [5.41, 5.74) is 5.03. The molecule has 0 bridgehead atoms. The van der Waals surface area contributed by atoms with E-state index in [4.69, 9.17) is 4.74 Å². The maximum Gasteiger partial charge on any atom is 0.0598 e. The van der Waals surface area contributed by atoms with Crippen LogP contribution >= 0.6 is 0 Å². The third-order valence-corrected chi connectivity index (χ3v) is 3.29. The van der Waals surface area contributed by atoms with Gasteiger partial charge in [-0.2, -0.15) is 0 Å². The third kappa shape index (κ3) is 2.96. The van der Waals surface area contributed by atoms with Crippen LogP contribution in [-0.4, -0.2) is 12.2 Å².